The van der Waals surface area contributed by atoms with Gasteiger partial charge < -0.3 is 19.9 Å². The van der Waals surface area contributed by atoms with Gasteiger partial charge in [0, 0.05) is 24.7 Å². The number of guanidine groups is 1. The molecule has 7 heteroatoms. The SMILES string of the molecule is CCNC(=NCc1cc(-c2ccccc2)on1)NCCc1ccccc1OC.I. The van der Waals surface area contributed by atoms with E-state index in [4.69, 9.17) is 9.26 Å². The molecule has 0 fully saturated rings. The molecular formula is C22H27IN4O2. The van der Waals surface area contributed by atoms with E-state index in [0.717, 1.165) is 53.8 Å². The lowest BCUT2D eigenvalue weighted by atomic mass is 10.1. The number of halogens is 1. The average molecular weight is 506 g/mol. The van der Waals surface area contributed by atoms with Gasteiger partial charge in [-0.15, -0.1) is 24.0 Å². The van der Waals surface area contributed by atoms with Crippen LogP contribution < -0.4 is 15.4 Å². The topological polar surface area (TPSA) is 71.7 Å². The van der Waals surface area contributed by atoms with E-state index in [0.29, 0.717) is 6.54 Å². The molecule has 0 aliphatic carbocycles. The van der Waals surface area contributed by atoms with E-state index >= 15 is 0 Å². The van der Waals surface area contributed by atoms with Crippen LogP contribution in [0.4, 0.5) is 0 Å². The largest absolute Gasteiger partial charge is 0.496 e. The van der Waals surface area contributed by atoms with Crippen LogP contribution in [0.5, 0.6) is 5.75 Å². The number of benzene rings is 2. The first kappa shape index (κ1) is 22.7. The molecule has 154 valence electrons. The van der Waals surface area contributed by atoms with Crippen molar-refractivity contribution in [1.82, 2.24) is 15.8 Å². The Bertz CT molecular complexity index is 897. The van der Waals surface area contributed by atoms with Crippen LogP contribution in [0.1, 0.15) is 18.2 Å². The second kappa shape index (κ2) is 12.1. The second-order valence-electron chi connectivity index (χ2n) is 6.23. The Kier molecular flexibility index (Phi) is 9.49. The van der Waals surface area contributed by atoms with Crippen LogP contribution in [0.15, 0.2) is 70.2 Å². The fourth-order valence-electron chi connectivity index (χ4n) is 2.85. The molecule has 0 unspecified atom stereocenters. The molecule has 2 aromatic carbocycles. The first-order chi connectivity index (χ1) is 13.8. The van der Waals surface area contributed by atoms with Gasteiger partial charge in [0.25, 0.3) is 0 Å². The molecular weight excluding hydrogens is 479 g/mol. The van der Waals surface area contributed by atoms with Gasteiger partial charge in [-0.3, -0.25) is 0 Å². The van der Waals surface area contributed by atoms with E-state index in [9.17, 15) is 0 Å². The summed E-state index contributed by atoms with van der Waals surface area (Å²) in [5.74, 6) is 2.41. The predicted molar refractivity (Wildman–Crippen MR) is 127 cm³/mol. The number of aliphatic imine (C=N–C) groups is 1. The van der Waals surface area contributed by atoms with Crippen molar-refractivity contribution in [3.63, 3.8) is 0 Å². The molecule has 0 aliphatic heterocycles. The van der Waals surface area contributed by atoms with Gasteiger partial charge in [0.1, 0.15) is 11.4 Å². The minimum absolute atomic E-state index is 0. The van der Waals surface area contributed by atoms with E-state index < -0.39 is 0 Å². The summed E-state index contributed by atoms with van der Waals surface area (Å²) in [7, 11) is 1.69. The third kappa shape index (κ3) is 6.77. The maximum Gasteiger partial charge on any atom is 0.191 e. The first-order valence-corrected chi connectivity index (χ1v) is 9.45. The van der Waals surface area contributed by atoms with Gasteiger partial charge in [-0.1, -0.05) is 53.7 Å². The van der Waals surface area contributed by atoms with Gasteiger partial charge in [0.05, 0.1) is 13.7 Å². The Morgan fingerprint density at radius 1 is 1.07 bits per heavy atom. The third-order valence-electron chi connectivity index (χ3n) is 4.24. The average Bonchev–Trinajstić information content (AvgIpc) is 3.22. The van der Waals surface area contributed by atoms with Crippen LogP contribution >= 0.6 is 24.0 Å². The zero-order valence-corrected chi connectivity index (χ0v) is 19.1. The number of nitrogens with zero attached hydrogens (tertiary/aromatic N) is 2. The molecule has 0 atom stereocenters. The fraction of sp³-hybridized carbons (Fsp3) is 0.273. The van der Waals surface area contributed by atoms with Crippen LogP contribution in [0, 0.1) is 0 Å². The predicted octanol–water partition coefficient (Wildman–Crippen LogP) is 4.27. The van der Waals surface area contributed by atoms with Crippen molar-refractivity contribution in [1.29, 1.82) is 0 Å². The van der Waals surface area contributed by atoms with Crippen LogP contribution in [0.25, 0.3) is 11.3 Å². The highest BCUT2D eigenvalue weighted by Gasteiger charge is 2.07. The number of hydrogen-bond donors (Lipinski definition) is 2. The molecule has 2 N–H and O–H groups in total. The maximum atomic E-state index is 5.43. The van der Waals surface area contributed by atoms with Gasteiger partial charge in [0.2, 0.25) is 0 Å². The molecule has 3 rings (SSSR count). The molecule has 1 heterocycles. The molecule has 0 saturated heterocycles. The normalized spacial score (nSPS) is 10.9. The van der Waals surface area contributed by atoms with Crippen molar-refractivity contribution in [3.05, 3.63) is 71.9 Å². The third-order valence-corrected chi connectivity index (χ3v) is 4.24. The van der Waals surface area contributed by atoms with Gasteiger partial charge >= 0.3 is 0 Å². The summed E-state index contributed by atoms with van der Waals surface area (Å²) in [6.45, 7) is 4.02. The quantitative estimate of drug-likeness (QED) is 0.272. The van der Waals surface area contributed by atoms with Crippen molar-refractivity contribution in [2.75, 3.05) is 20.2 Å². The van der Waals surface area contributed by atoms with E-state index in [2.05, 4.69) is 26.8 Å². The molecule has 0 radical (unpaired) electrons. The van der Waals surface area contributed by atoms with E-state index in [1.165, 1.54) is 0 Å². The van der Waals surface area contributed by atoms with Crippen LogP contribution in [0.3, 0.4) is 0 Å². The monoisotopic (exact) mass is 506 g/mol. The molecule has 0 spiro atoms. The van der Waals surface area contributed by atoms with E-state index in [-0.39, 0.29) is 24.0 Å². The van der Waals surface area contributed by atoms with Crippen molar-refractivity contribution >= 4 is 29.9 Å². The summed E-state index contributed by atoms with van der Waals surface area (Å²) >= 11 is 0. The molecule has 0 saturated carbocycles. The van der Waals surface area contributed by atoms with Crippen molar-refractivity contribution in [3.8, 4) is 17.1 Å². The number of ether oxygens (including phenoxy) is 1. The molecule has 0 bridgehead atoms. The lowest BCUT2D eigenvalue weighted by molar-refractivity contribution is 0.409. The van der Waals surface area contributed by atoms with Crippen LogP contribution in [-0.2, 0) is 13.0 Å². The first-order valence-electron chi connectivity index (χ1n) is 9.45. The highest BCUT2D eigenvalue weighted by atomic mass is 127. The number of nitrogens with one attached hydrogen (secondary N) is 2. The number of aromatic nitrogens is 1. The number of methoxy groups -OCH3 is 1. The van der Waals surface area contributed by atoms with Crippen molar-refractivity contribution in [2.24, 2.45) is 4.99 Å². The summed E-state index contributed by atoms with van der Waals surface area (Å²) < 4.78 is 10.8. The maximum absolute atomic E-state index is 5.43. The van der Waals surface area contributed by atoms with Gasteiger partial charge in [-0.05, 0) is 25.0 Å². The standard InChI is InChI=1S/C22H26N4O2.HI/c1-3-23-22(24-14-13-18-11-7-8-12-20(18)27-2)25-16-19-15-21(28-26-19)17-9-5-4-6-10-17;/h4-12,15H,3,13-14,16H2,1-2H3,(H2,23,24,25);1H. The lowest BCUT2D eigenvalue weighted by Crippen LogP contribution is -2.38. The smallest absolute Gasteiger partial charge is 0.191 e. The number of para-hydroxylation sites is 1. The highest BCUT2D eigenvalue weighted by molar-refractivity contribution is 14.0. The molecule has 3 aromatic rings. The molecule has 29 heavy (non-hydrogen) atoms. The van der Waals surface area contributed by atoms with Gasteiger partial charge in [-0.25, -0.2) is 4.99 Å². The van der Waals surface area contributed by atoms with Gasteiger partial charge in [-0.2, -0.15) is 0 Å². The zero-order chi connectivity index (χ0) is 19.6. The minimum Gasteiger partial charge on any atom is -0.496 e. The second-order valence-corrected chi connectivity index (χ2v) is 6.23. The van der Waals surface area contributed by atoms with Crippen LogP contribution in [0.2, 0.25) is 0 Å². The minimum atomic E-state index is 0. The Hall–Kier alpha value is -2.55. The molecule has 6 nitrogen and oxygen atoms in total. The summed E-state index contributed by atoms with van der Waals surface area (Å²) in [4.78, 5) is 4.61. The molecule has 0 amide bonds. The number of rotatable bonds is 8. The summed E-state index contributed by atoms with van der Waals surface area (Å²) in [5.41, 5.74) is 2.96. The van der Waals surface area contributed by atoms with Crippen molar-refractivity contribution < 1.29 is 9.26 Å². The summed E-state index contributed by atoms with van der Waals surface area (Å²) in [5, 5.41) is 10.7. The molecule has 0 aliphatic rings. The van der Waals surface area contributed by atoms with Gasteiger partial charge in [0.15, 0.2) is 11.7 Å². The zero-order valence-electron chi connectivity index (χ0n) is 16.7. The lowest BCUT2D eigenvalue weighted by Gasteiger charge is -2.12. The Balaban J connectivity index is 0.00000300. The Morgan fingerprint density at radius 2 is 1.83 bits per heavy atom. The fourth-order valence-corrected chi connectivity index (χ4v) is 2.85. The Labute approximate surface area is 188 Å². The van der Waals surface area contributed by atoms with Crippen molar-refractivity contribution in [2.45, 2.75) is 19.9 Å². The van der Waals surface area contributed by atoms with Crippen LogP contribution in [-0.4, -0.2) is 31.3 Å². The molecule has 1 aromatic heterocycles. The van der Waals surface area contributed by atoms with E-state index in [1.54, 1.807) is 7.11 Å². The van der Waals surface area contributed by atoms with E-state index in [1.807, 2.05) is 61.5 Å². The number of hydrogen-bond acceptors (Lipinski definition) is 4. The summed E-state index contributed by atoms with van der Waals surface area (Å²) in [6.07, 6.45) is 0.844. The highest BCUT2D eigenvalue weighted by Crippen LogP contribution is 2.20. The Morgan fingerprint density at radius 3 is 2.59 bits per heavy atom. The summed E-state index contributed by atoms with van der Waals surface area (Å²) in [6, 6.07) is 19.9.